The van der Waals surface area contributed by atoms with Gasteiger partial charge < -0.3 is 4.42 Å². The SMILES string of the molecule is O=C1/C(=C\c2ccccc2)N=C(SCc2nnc(-c3ccc(Cl)cc3)o2)N1c1ccc(F)cc1. The Morgan fingerprint density at radius 1 is 0.971 bits per heavy atom. The van der Waals surface area contributed by atoms with Crippen LogP contribution in [0.1, 0.15) is 11.5 Å². The van der Waals surface area contributed by atoms with Gasteiger partial charge in [0.1, 0.15) is 11.5 Å². The molecule has 0 saturated heterocycles. The number of benzene rings is 3. The molecule has 1 aromatic heterocycles. The molecule has 0 spiro atoms. The summed E-state index contributed by atoms with van der Waals surface area (Å²) in [4.78, 5) is 19.2. The Morgan fingerprint density at radius 3 is 2.44 bits per heavy atom. The largest absolute Gasteiger partial charge is 0.420 e. The van der Waals surface area contributed by atoms with Crippen LogP contribution in [-0.2, 0) is 10.5 Å². The predicted molar refractivity (Wildman–Crippen MR) is 132 cm³/mol. The van der Waals surface area contributed by atoms with Gasteiger partial charge in [-0.05, 0) is 60.2 Å². The highest BCUT2D eigenvalue weighted by Crippen LogP contribution is 2.31. The van der Waals surface area contributed by atoms with Gasteiger partial charge in [-0.25, -0.2) is 9.38 Å². The van der Waals surface area contributed by atoms with E-state index in [9.17, 15) is 9.18 Å². The summed E-state index contributed by atoms with van der Waals surface area (Å²) < 4.78 is 19.2. The van der Waals surface area contributed by atoms with Crippen molar-refractivity contribution in [3.8, 4) is 11.5 Å². The van der Waals surface area contributed by atoms with E-state index in [1.807, 2.05) is 30.3 Å². The molecule has 4 aromatic rings. The zero-order valence-corrected chi connectivity index (χ0v) is 19.1. The fourth-order valence-corrected chi connectivity index (χ4v) is 4.24. The van der Waals surface area contributed by atoms with E-state index in [1.165, 1.54) is 28.8 Å². The second-order valence-corrected chi connectivity index (χ2v) is 8.63. The summed E-state index contributed by atoms with van der Waals surface area (Å²) in [5.74, 6) is 0.358. The van der Waals surface area contributed by atoms with Gasteiger partial charge in [0, 0.05) is 10.6 Å². The molecule has 0 aliphatic carbocycles. The third-order valence-corrected chi connectivity index (χ3v) is 6.08. The topological polar surface area (TPSA) is 71.6 Å². The number of nitrogens with zero attached hydrogens (tertiary/aromatic N) is 4. The van der Waals surface area contributed by atoms with Crippen molar-refractivity contribution in [2.45, 2.75) is 5.75 Å². The highest BCUT2D eigenvalue weighted by atomic mass is 35.5. The van der Waals surface area contributed by atoms with Gasteiger partial charge in [-0.1, -0.05) is 53.7 Å². The van der Waals surface area contributed by atoms with E-state index in [4.69, 9.17) is 16.0 Å². The summed E-state index contributed by atoms with van der Waals surface area (Å²) in [5, 5.41) is 9.23. The molecule has 0 saturated carbocycles. The number of hydrogen-bond donors (Lipinski definition) is 0. The van der Waals surface area contributed by atoms with Gasteiger partial charge in [0.25, 0.3) is 5.91 Å². The van der Waals surface area contributed by atoms with Crippen molar-refractivity contribution in [1.82, 2.24) is 10.2 Å². The molecular weight excluding hydrogens is 475 g/mol. The molecule has 1 amide bonds. The molecule has 1 aliphatic rings. The molecule has 34 heavy (non-hydrogen) atoms. The van der Waals surface area contributed by atoms with Gasteiger partial charge in [0.2, 0.25) is 11.8 Å². The first-order valence-electron chi connectivity index (χ1n) is 10.2. The fraction of sp³-hybridized carbons (Fsp3) is 0.0400. The summed E-state index contributed by atoms with van der Waals surface area (Å²) >= 11 is 7.21. The number of thioether (sulfide) groups is 1. The monoisotopic (exact) mass is 490 g/mol. The van der Waals surface area contributed by atoms with E-state index in [0.29, 0.717) is 33.4 Å². The number of amidine groups is 1. The lowest BCUT2D eigenvalue weighted by Crippen LogP contribution is -2.30. The quantitative estimate of drug-likeness (QED) is 0.311. The standard InChI is InChI=1S/C25H16ClFN4O2S/c26-18-8-6-17(7-9-18)23-30-29-22(33-23)15-34-25-28-21(14-16-4-2-1-3-5-16)24(32)31(25)20-12-10-19(27)11-13-20/h1-14H,15H2/b21-14+. The Morgan fingerprint density at radius 2 is 1.71 bits per heavy atom. The average molecular weight is 491 g/mol. The van der Waals surface area contributed by atoms with Gasteiger partial charge in [-0.15, -0.1) is 10.2 Å². The Balaban J connectivity index is 1.40. The second-order valence-electron chi connectivity index (χ2n) is 7.25. The second kappa shape index (κ2) is 9.62. The number of hydrogen-bond acceptors (Lipinski definition) is 6. The Bertz CT molecular complexity index is 1390. The van der Waals surface area contributed by atoms with Gasteiger partial charge in [0.15, 0.2) is 5.17 Å². The van der Waals surface area contributed by atoms with Crippen LogP contribution in [0.25, 0.3) is 17.5 Å². The average Bonchev–Trinajstić information content (AvgIpc) is 3.44. The van der Waals surface area contributed by atoms with Gasteiger partial charge >= 0.3 is 0 Å². The summed E-state index contributed by atoms with van der Waals surface area (Å²) in [7, 11) is 0. The summed E-state index contributed by atoms with van der Waals surface area (Å²) in [6.07, 6.45) is 1.72. The zero-order valence-electron chi connectivity index (χ0n) is 17.6. The van der Waals surface area contributed by atoms with Crippen LogP contribution < -0.4 is 4.90 Å². The summed E-state index contributed by atoms with van der Waals surface area (Å²) in [6.45, 7) is 0. The first-order valence-corrected chi connectivity index (χ1v) is 11.6. The Kier molecular flexibility index (Phi) is 6.24. The number of aliphatic imine (C=N–C) groups is 1. The lowest BCUT2D eigenvalue weighted by Gasteiger charge is -2.17. The summed E-state index contributed by atoms with van der Waals surface area (Å²) in [5.41, 5.74) is 2.40. The molecule has 0 unspecified atom stereocenters. The minimum atomic E-state index is -0.387. The third kappa shape index (κ3) is 4.78. The molecule has 1 aliphatic heterocycles. The molecule has 0 fully saturated rings. The van der Waals surface area contributed by atoms with Gasteiger partial charge in [0.05, 0.1) is 11.4 Å². The van der Waals surface area contributed by atoms with Crippen LogP contribution in [0.5, 0.6) is 0 Å². The smallest absolute Gasteiger partial charge is 0.283 e. The predicted octanol–water partition coefficient (Wildman–Crippen LogP) is 6.21. The normalized spacial score (nSPS) is 14.6. The molecule has 6 nitrogen and oxygen atoms in total. The summed E-state index contributed by atoms with van der Waals surface area (Å²) in [6, 6.07) is 22.2. The van der Waals surface area contributed by atoms with E-state index < -0.39 is 0 Å². The maximum Gasteiger partial charge on any atom is 0.283 e. The zero-order chi connectivity index (χ0) is 23.5. The number of aromatic nitrogens is 2. The molecule has 0 bridgehead atoms. The number of halogens is 2. The minimum Gasteiger partial charge on any atom is -0.420 e. The van der Waals surface area contributed by atoms with E-state index in [2.05, 4.69) is 15.2 Å². The van der Waals surface area contributed by atoms with Crippen molar-refractivity contribution in [2.24, 2.45) is 4.99 Å². The van der Waals surface area contributed by atoms with E-state index in [0.717, 1.165) is 11.1 Å². The van der Waals surface area contributed by atoms with Crippen molar-refractivity contribution in [2.75, 3.05) is 4.90 Å². The van der Waals surface area contributed by atoms with Crippen molar-refractivity contribution in [3.05, 3.63) is 107 Å². The molecule has 0 N–H and O–H groups in total. The Labute approximate surface area is 203 Å². The maximum absolute atomic E-state index is 13.5. The molecule has 5 rings (SSSR count). The van der Waals surface area contributed by atoms with E-state index in [1.54, 1.807) is 42.5 Å². The molecular formula is C25H16ClFN4O2S. The van der Waals surface area contributed by atoms with Crippen LogP contribution in [0.2, 0.25) is 5.02 Å². The van der Waals surface area contributed by atoms with Crippen LogP contribution in [0, 0.1) is 5.82 Å². The molecule has 0 radical (unpaired) electrons. The lowest BCUT2D eigenvalue weighted by atomic mass is 10.2. The van der Waals surface area contributed by atoms with E-state index in [-0.39, 0.29) is 17.4 Å². The van der Waals surface area contributed by atoms with E-state index >= 15 is 0 Å². The highest BCUT2D eigenvalue weighted by molar-refractivity contribution is 8.13. The van der Waals surface area contributed by atoms with Crippen molar-refractivity contribution >= 4 is 46.2 Å². The van der Waals surface area contributed by atoms with Crippen molar-refractivity contribution in [3.63, 3.8) is 0 Å². The third-order valence-electron chi connectivity index (χ3n) is 4.90. The van der Waals surface area contributed by atoms with Crippen LogP contribution in [0.3, 0.4) is 0 Å². The fourth-order valence-electron chi connectivity index (χ4n) is 3.27. The highest BCUT2D eigenvalue weighted by Gasteiger charge is 2.32. The minimum absolute atomic E-state index is 0.283. The molecule has 2 heterocycles. The number of anilines is 1. The van der Waals surface area contributed by atoms with Crippen LogP contribution in [0.15, 0.2) is 94.0 Å². The van der Waals surface area contributed by atoms with Crippen LogP contribution in [0.4, 0.5) is 10.1 Å². The van der Waals surface area contributed by atoms with Crippen molar-refractivity contribution < 1.29 is 13.6 Å². The van der Waals surface area contributed by atoms with Crippen LogP contribution in [-0.4, -0.2) is 21.3 Å². The molecule has 0 atom stereocenters. The molecule has 9 heteroatoms. The van der Waals surface area contributed by atoms with Crippen molar-refractivity contribution in [1.29, 1.82) is 0 Å². The first-order chi connectivity index (χ1) is 16.6. The van der Waals surface area contributed by atoms with Gasteiger partial charge in [-0.2, -0.15) is 0 Å². The number of carbonyl (C=O) groups is 1. The Hall–Kier alpha value is -3.75. The number of carbonyl (C=O) groups excluding carboxylic acids is 1. The van der Waals surface area contributed by atoms with Crippen LogP contribution >= 0.6 is 23.4 Å². The number of rotatable bonds is 5. The first kappa shape index (κ1) is 22.1. The maximum atomic E-state index is 13.5. The number of amides is 1. The lowest BCUT2D eigenvalue weighted by molar-refractivity contribution is -0.113. The molecule has 168 valence electrons. The van der Waals surface area contributed by atoms with Gasteiger partial charge in [-0.3, -0.25) is 9.69 Å². The molecule has 3 aromatic carbocycles.